The topological polar surface area (TPSA) is 42.7 Å². The molecule has 0 radical (unpaired) electrons. The van der Waals surface area contributed by atoms with Crippen LogP contribution in [0.5, 0.6) is 0 Å². The van der Waals surface area contributed by atoms with Crippen LogP contribution in [0.1, 0.15) is 29.6 Å². The quantitative estimate of drug-likeness (QED) is 0.750. The molecule has 2 atom stereocenters. The highest BCUT2D eigenvalue weighted by atomic mass is 79.9. The first-order valence-electron chi connectivity index (χ1n) is 7.28. The summed E-state index contributed by atoms with van der Waals surface area (Å²) in [6.07, 6.45) is 2.56. The second-order valence-electron chi connectivity index (χ2n) is 5.44. The highest BCUT2D eigenvalue weighted by molar-refractivity contribution is 9.10. The molecule has 4 rings (SSSR count). The fourth-order valence-corrected chi connectivity index (χ4v) is 3.25. The second-order valence-corrected chi connectivity index (χ2v) is 6.35. The van der Waals surface area contributed by atoms with Crippen LogP contribution in [0.2, 0.25) is 0 Å². The van der Waals surface area contributed by atoms with Gasteiger partial charge in [-0.2, -0.15) is 10.1 Å². The van der Waals surface area contributed by atoms with Crippen LogP contribution in [0.3, 0.4) is 0 Å². The highest BCUT2D eigenvalue weighted by Crippen LogP contribution is 2.37. The maximum Gasteiger partial charge on any atom is 0.222 e. The first kappa shape index (κ1) is 13.5. The average molecular weight is 355 g/mol. The van der Waals surface area contributed by atoms with E-state index in [-0.39, 0.29) is 12.1 Å². The molecule has 4 nitrogen and oxygen atoms in total. The lowest BCUT2D eigenvalue weighted by molar-refractivity contribution is 0.431. The van der Waals surface area contributed by atoms with Gasteiger partial charge in [0.1, 0.15) is 6.33 Å². The molecule has 0 saturated carbocycles. The number of aromatic nitrogens is 3. The van der Waals surface area contributed by atoms with Crippen LogP contribution in [-0.4, -0.2) is 14.8 Å². The molecule has 0 fully saturated rings. The molecule has 22 heavy (non-hydrogen) atoms. The minimum Gasteiger partial charge on any atom is -0.348 e. The van der Waals surface area contributed by atoms with E-state index in [0.29, 0.717) is 0 Å². The Kier molecular flexibility index (Phi) is 3.42. The Hall–Kier alpha value is -2.14. The van der Waals surface area contributed by atoms with E-state index >= 15 is 0 Å². The van der Waals surface area contributed by atoms with Crippen molar-refractivity contribution in [3.05, 3.63) is 76.5 Å². The summed E-state index contributed by atoms with van der Waals surface area (Å²) in [6.45, 7) is 0. The number of halogens is 1. The van der Waals surface area contributed by atoms with Crippen LogP contribution in [0.25, 0.3) is 0 Å². The number of nitrogens with one attached hydrogen (secondary N) is 1. The van der Waals surface area contributed by atoms with E-state index in [1.54, 1.807) is 6.33 Å². The fraction of sp³-hybridized carbons (Fsp3) is 0.176. The molecule has 1 N–H and O–H groups in total. The van der Waals surface area contributed by atoms with Gasteiger partial charge >= 0.3 is 0 Å². The zero-order valence-corrected chi connectivity index (χ0v) is 13.4. The molecule has 1 aromatic heterocycles. The average Bonchev–Trinajstić information content (AvgIpc) is 3.04. The van der Waals surface area contributed by atoms with Crippen LogP contribution in [0.15, 0.2) is 65.4 Å². The Morgan fingerprint density at radius 3 is 2.55 bits per heavy atom. The van der Waals surface area contributed by atoms with Crippen molar-refractivity contribution in [2.75, 3.05) is 5.32 Å². The third-order valence-electron chi connectivity index (χ3n) is 4.09. The molecule has 0 spiro atoms. The molecule has 2 aromatic carbocycles. The summed E-state index contributed by atoms with van der Waals surface area (Å²) < 4.78 is 3.06. The zero-order chi connectivity index (χ0) is 14.9. The van der Waals surface area contributed by atoms with Crippen molar-refractivity contribution in [1.82, 2.24) is 14.8 Å². The van der Waals surface area contributed by atoms with Gasteiger partial charge in [0.25, 0.3) is 0 Å². The van der Waals surface area contributed by atoms with E-state index in [0.717, 1.165) is 16.8 Å². The van der Waals surface area contributed by atoms with Crippen LogP contribution in [0.4, 0.5) is 5.95 Å². The van der Waals surface area contributed by atoms with Crippen LogP contribution in [-0.2, 0) is 0 Å². The summed E-state index contributed by atoms with van der Waals surface area (Å²) in [7, 11) is 0. The monoisotopic (exact) mass is 354 g/mol. The van der Waals surface area contributed by atoms with E-state index < -0.39 is 0 Å². The Morgan fingerprint density at radius 1 is 1.00 bits per heavy atom. The van der Waals surface area contributed by atoms with Crippen molar-refractivity contribution in [1.29, 1.82) is 0 Å². The molecule has 1 aliphatic rings. The fourth-order valence-electron chi connectivity index (χ4n) is 2.99. The van der Waals surface area contributed by atoms with Gasteiger partial charge in [0.05, 0.1) is 12.1 Å². The third-order valence-corrected chi connectivity index (χ3v) is 4.62. The van der Waals surface area contributed by atoms with Gasteiger partial charge in [0.15, 0.2) is 0 Å². The van der Waals surface area contributed by atoms with Crippen molar-refractivity contribution < 1.29 is 0 Å². The summed E-state index contributed by atoms with van der Waals surface area (Å²) in [4.78, 5) is 4.36. The summed E-state index contributed by atoms with van der Waals surface area (Å²) in [6, 6.07) is 19.4. The number of hydrogen-bond acceptors (Lipinski definition) is 3. The lowest BCUT2D eigenvalue weighted by Crippen LogP contribution is -2.28. The first-order chi connectivity index (χ1) is 10.8. The summed E-state index contributed by atoms with van der Waals surface area (Å²) in [5, 5.41) is 7.88. The van der Waals surface area contributed by atoms with Gasteiger partial charge in [-0.1, -0.05) is 58.4 Å². The van der Waals surface area contributed by atoms with E-state index in [1.165, 1.54) is 11.1 Å². The van der Waals surface area contributed by atoms with E-state index in [9.17, 15) is 0 Å². The summed E-state index contributed by atoms with van der Waals surface area (Å²) in [5.41, 5.74) is 2.52. The van der Waals surface area contributed by atoms with Crippen LogP contribution >= 0.6 is 15.9 Å². The Morgan fingerprint density at radius 2 is 1.77 bits per heavy atom. The maximum atomic E-state index is 4.40. The largest absolute Gasteiger partial charge is 0.348 e. The number of benzene rings is 2. The minimum absolute atomic E-state index is 0.192. The Labute approximate surface area is 137 Å². The van der Waals surface area contributed by atoms with E-state index in [2.05, 4.69) is 79.9 Å². The molecule has 1 aliphatic heterocycles. The standard InChI is InChI=1S/C17H15BrN4/c18-14-8-6-13(7-9-14)16-10-15(12-4-2-1-3-5-12)21-17-19-11-20-22(16)17/h1-9,11,15-16H,10H2,(H,19,20,21)/t15-,16-/m1/s1. The predicted molar refractivity (Wildman–Crippen MR) is 89.7 cm³/mol. The maximum absolute atomic E-state index is 4.40. The molecular formula is C17H15BrN4. The zero-order valence-electron chi connectivity index (χ0n) is 11.9. The Bertz CT molecular complexity index is 767. The van der Waals surface area contributed by atoms with E-state index in [4.69, 9.17) is 0 Å². The van der Waals surface area contributed by atoms with Gasteiger partial charge in [0, 0.05) is 4.47 Å². The van der Waals surface area contributed by atoms with Crippen LogP contribution < -0.4 is 5.32 Å². The molecule has 0 saturated heterocycles. The summed E-state index contributed by atoms with van der Waals surface area (Å²) in [5.74, 6) is 0.827. The first-order valence-corrected chi connectivity index (χ1v) is 8.07. The van der Waals surface area contributed by atoms with Gasteiger partial charge in [-0.05, 0) is 29.7 Å². The van der Waals surface area contributed by atoms with Crippen molar-refractivity contribution in [2.45, 2.75) is 18.5 Å². The third kappa shape index (κ3) is 2.41. The second kappa shape index (κ2) is 5.57. The van der Waals surface area contributed by atoms with Gasteiger partial charge < -0.3 is 5.32 Å². The summed E-state index contributed by atoms with van der Waals surface area (Å²) >= 11 is 3.50. The molecular weight excluding hydrogens is 340 g/mol. The van der Waals surface area contributed by atoms with Gasteiger partial charge in [-0.15, -0.1) is 0 Å². The lowest BCUT2D eigenvalue weighted by atomic mass is 9.93. The lowest BCUT2D eigenvalue weighted by Gasteiger charge is -2.31. The minimum atomic E-state index is 0.192. The van der Waals surface area contributed by atoms with Crippen molar-refractivity contribution in [2.24, 2.45) is 0 Å². The van der Waals surface area contributed by atoms with Gasteiger partial charge in [-0.3, -0.25) is 0 Å². The molecule has 5 heteroatoms. The SMILES string of the molecule is Brc1ccc([C@H]2C[C@H](c3ccccc3)Nc3ncnn32)cc1. The highest BCUT2D eigenvalue weighted by Gasteiger charge is 2.29. The van der Waals surface area contributed by atoms with Gasteiger partial charge in [0.2, 0.25) is 5.95 Å². The number of hydrogen-bond donors (Lipinski definition) is 1. The molecule has 2 heterocycles. The number of nitrogens with zero attached hydrogens (tertiary/aromatic N) is 3. The normalized spacial score (nSPS) is 20.2. The van der Waals surface area contributed by atoms with E-state index in [1.807, 2.05) is 10.7 Å². The smallest absolute Gasteiger partial charge is 0.222 e. The van der Waals surface area contributed by atoms with Crippen molar-refractivity contribution >= 4 is 21.9 Å². The van der Waals surface area contributed by atoms with Crippen LogP contribution in [0, 0.1) is 0 Å². The molecule has 3 aromatic rings. The van der Waals surface area contributed by atoms with Gasteiger partial charge in [-0.25, -0.2) is 4.68 Å². The molecule has 0 bridgehead atoms. The molecule has 0 unspecified atom stereocenters. The molecule has 0 amide bonds. The number of anilines is 1. The molecule has 110 valence electrons. The predicted octanol–water partition coefficient (Wildman–Crippen LogP) is 4.19. The number of rotatable bonds is 2. The number of fused-ring (bicyclic) bond motifs is 1. The molecule has 0 aliphatic carbocycles. The van der Waals surface area contributed by atoms with Crippen molar-refractivity contribution in [3.8, 4) is 0 Å². The van der Waals surface area contributed by atoms with Crippen molar-refractivity contribution in [3.63, 3.8) is 0 Å². The Balaban J connectivity index is 1.73.